The van der Waals surface area contributed by atoms with E-state index in [2.05, 4.69) is 24.3 Å². The number of carbonyl (C=O) groups is 3. The molecule has 2 aromatic carbocycles. The Morgan fingerprint density at radius 1 is 0.842 bits per heavy atom. The van der Waals surface area contributed by atoms with Crippen molar-refractivity contribution in [2.45, 2.75) is 58.1 Å². The van der Waals surface area contributed by atoms with Crippen molar-refractivity contribution < 1.29 is 47.5 Å². The Bertz CT molecular complexity index is 1110. The zero-order valence-electron chi connectivity index (χ0n) is 22.0. The van der Waals surface area contributed by atoms with E-state index in [1.165, 1.54) is 33.3 Å². The molecule has 3 rings (SSSR count). The van der Waals surface area contributed by atoms with Gasteiger partial charge in [-0.1, -0.05) is 48.6 Å². The molecule has 38 heavy (non-hydrogen) atoms. The SMILES string of the molecule is CO[C@@H]1O[C@H](COC(C)=O)[C@@H](OC(C)=O)[C@H](OC/C=C\COCc2ccc3ccccc3c2)[C@H]1OC(C)=O. The lowest BCUT2D eigenvalue weighted by Crippen LogP contribution is -2.62. The standard InChI is InChI=1S/C28H34O10/c1-18(29)35-17-24-25(36-19(2)30)26(27(37-20(3)31)28(32-4)38-24)34-14-8-7-13-33-16-21-11-12-22-9-5-6-10-23(22)15-21/h5-12,15,24-28H,13-14,16-17H2,1-4H3/b8-7-/t24-,25-,26+,27-,28-/m1/s1. The quantitative estimate of drug-likeness (QED) is 0.175. The Labute approximate surface area is 221 Å². The molecule has 0 N–H and O–H groups in total. The van der Waals surface area contributed by atoms with E-state index in [4.69, 9.17) is 33.2 Å². The molecule has 206 valence electrons. The number of rotatable bonds is 12. The molecule has 5 atom stereocenters. The molecule has 1 fully saturated rings. The van der Waals surface area contributed by atoms with Gasteiger partial charge in [-0.2, -0.15) is 0 Å². The van der Waals surface area contributed by atoms with Crippen LogP contribution in [0.4, 0.5) is 0 Å². The maximum atomic E-state index is 11.8. The van der Waals surface area contributed by atoms with E-state index >= 15 is 0 Å². The minimum atomic E-state index is -1.04. The van der Waals surface area contributed by atoms with Gasteiger partial charge in [-0.25, -0.2) is 0 Å². The summed E-state index contributed by atoms with van der Waals surface area (Å²) in [5, 5.41) is 2.33. The van der Waals surface area contributed by atoms with Crippen LogP contribution in [0.25, 0.3) is 10.8 Å². The molecule has 10 heteroatoms. The molecule has 1 heterocycles. The van der Waals surface area contributed by atoms with Gasteiger partial charge in [-0.15, -0.1) is 0 Å². The highest BCUT2D eigenvalue weighted by atomic mass is 16.7. The lowest BCUT2D eigenvalue weighted by molar-refractivity contribution is -0.305. The summed E-state index contributed by atoms with van der Waals surface area (Å²) in [6.07, 6.45) is -1.41. The number of esters is 3. The number of ether oxygens (including phenoxy) is 7. The van der Waals surface area contributed by atoms with Gasteiger partial charge in [0.05, 0.1) is 19.8 Å². The lowest BCUT2D eigenvalue weighted by atomic mass is 9.98. The van der Waals surface area contributed by atoms with Crippen molar-refractivity contribution in [1.29, 1.82) is 0 Å². The van der Waals surface area contributed by atoms with Gasteiger partial charge < -0.3 is 33.2 Å². The van der Waals surface area contributed by atoms with Crippen LogP contribution in [0.15, 0.2) is 54.6 Å². The van der Waals surface area contributed by atoms with Crippen LogP contribution in [0.5, 0.6) is 0 Å². The lowest BCUT2D eigenvalue weighted by Gasteiger charge is -2.44. The van der Waals surface area contributed by atoms with Crippen LogP contribution in [0.2, 0.25) is 0 Å². The fourth-order valence-electron chi connectivity index (χ4n) is 4.12. The van der Waals surface area contributed by atoms with Crippen LogP contribution in [-0.4, -0.2) is 75.5 Å². The number of benzene rings is 2. The molecule has 1 saturated heterocycles. The normalized spacial score (nSPS) is 23.3. The van der Waals surface area contributed by atoms with Crippen LogP contribution in [0, 0.1) is 0 Å². The Kier molecular flexibility index (Phi) is 11.2. The molecule has 0 saturated carbocycles. The van der Waals surface area contributed by atoms with Gasteiger partial charge >= 0.3 is 17.9 Å². The molecular formula is C28H34O10. The monoisotopic (exact) mass is 530 g/mol. The molecule has 1 aliphatic rings. The predicted molar refractivity (Wildman–Crippen MR) is 136 cm³/mol. The molecule has 0 aromatic heterocycles. The molecular weight excluding hydrogens is 496 g/mol. The van der Waals surface area contributed by atoms with Gasteiger partial charge in [0, 0.05) is 27.9 Å². The number of hydrogen-bond acceptors (Lipinski definition) is 10. The van der Waals surface area contributed by atoms with Crippen molar-refractivity contribution in [3.63, 3.8) is 0 Å². The highest BCUT2D eigenvalue weighted by Gasteiger charge is 2.51. The second-order valence-electron chi connectivity index (χ2n) is 8.70. The summed E-state index contributed by atoms with van der Waals surface area (Å²) < 4.78 is 38.8. The zero-order valence-corrected chi connectivity index (χ0v) is 22.0. The molecule has 0 spiro atoms. The number of methoxy groups -OCH3 is 1. The third kappa shape index (κ3) is 8.63. The molecule has 2 aromatic rings. The minimum absolute atomic E-state index is 0.0935. The highest BCUT2D eigenvalue weighted by Crippen LogP contribution is 2.29. The third-order valence-corrected chi connectivity index (χ3v) is 5.73. The first-order chi connectivity index (χ1) is 18.3. The molecule has 0 bridgehead atoms. The molecule has 1 aliphatic heterocycles. The molecule has 10 nitrogen and oxygen atoms in total. The van der Waals surface area contributed by atoms with Crippen molar-refractivity contribution in [3.8, 4) is 0 Å². The van der Waals surface area contributed by atoms with Gasteiger partial charge in [-0.3, -0.25) is 14.4 Å². The summed E-state index contributed by atoms with van der Waals surface area (Å²) in [5.41, 5.74) is 1.06. The summed E-state index contributed by atoms with van der Waals surface area (Å²) in [6.45, 7) is 4.40. The first-order valence-corrected chi connectivity index (χ1v) is 12.3. The van der Waals surface area contributed by atoms with Crippen molar-refractivity contribution in [1.82, 2.24) is 0 Å². The largest absolute Gasteiger partial charge is 0.463 e. The maximum absolute atomic E-state index is 11.8. The Hall–Kier alpha value is -3.31. The van der Waals surface area contributed by atoms with Crippen LogP contribution in [0.1, 0.15) is 26.3 Å². The van der Waals surface area contributed by atoms with E-state index < -0.39 is 48.6 Å². The Balaban J connectivity index is 1.61. The summed E-state index contributed by atoms with van der Waals surface area (Å²) in [5.74, 6) is -1.72. The third-order valence-electron chi connectivity index (χ3n) is 5.73. The van der Waals surface area contributed by atoms with Crippen molar-refractivity contribution in [2.24, 2.45) is 0 Å². The van der Waals surface area contributed by atoms with Crippen molar-refractivity contribution in [3.05, 3.63) is 60.2 Å². The summed E-state index contributed by atoms with van der Waals surface area (Å²) in [6, 6.07) is 14.3. The van der Waals surface area contributed by atoms with Crippen LogP contribution < -0.4 is 0 Å². The second kappa shape index (κ2) is 14.6. The molecule has 0 aliphatic carbocycles. The second-order valence-corrected chi connectivity index (χ2v) is 8.70. The Morgan fingerprint density at radius 2 is 1.53 bits per heavy atom. The van der Waals surface area contributed by atoms with Gasteiger partial charge in [0.2, 0.25) is 0 Å². The molecule has 0 unspecified atom stereocenters. The number of carbonyl (C=O) groups excluding carboxylic acids is 3. The van der Waals surface area contributed by atoms with E-state index in [0.717, 1.165) is 10.9 Å². The van der Waals surface area contributed by atoms with Crippen LogP contribution in [0.3, 0.4) is 0 Å². The first-order valence-electron chi connectivity index (χ1n) is 12.3. The maximum Gasteiger partial charge on any atom is 0.303 e. The number of fused-ring (bicyclic) bond motifs is 1. The zero-order chi connectivity index (χ0) is 27.5. The molecule has 0 amide bonds. The average molecular weight is 531 g/mol. The van der Waals surface area contributed by atoms with Crippen molar-refractivity contribution in [2.75, 3.05) is 26.9 Å². The van der Waals surface area contributed by atoms with Crippen LogP contribution in [-0.2, 0) is 54.1 Å². The summed E-state index contributed by atoms with van der Waals surface area (Å²) in [7, 11) is 1.38. The van der Waals surface area contributed by atoms with E-state index in [0.29, 0.717) is 13.2 Å². The van der Waals surface area contributed by atoms with Crippen LogP contribution >= 0.6 is 0 Å². The highest BCUT2D eigenvalue weighted by molar-refractivity contribution is 5.82. The fraction of sp³-hybridized carbons (Fsp3) is 0.464. The van der Waals surface area contributed by atoms with Gasteiger partial charge in [-0.05, 0) is 22.4 Å². The topological polar surface area (TPSA) is 116 Å². The summed E-state index contributed by atoms with van der Waals surface area (Å²) in [4.78, 5) is 35.0. The van der Waals surface area contributed by atoms with Crippen molar-refractivity contribution >= 4 is 28.7 Å². The fourth-order valence-corrected chi connectivity index (χ4v) is 4.12. The van der Waals surface area contributed by atoms with E-state index in [1.54, 1.807) is 12.2 Å². The molecule has 0 radical (unpaired) electrons. The average Bonchev–Trinajstić information content (AvgIpc) is 2.88. The predicted octanol–water partition coefficient (Wildman–Crippen LogP) is 3.10. The Morgan fingerprint density at radius 3 is 2.21 bits per heavy atom. The number of hydrogen-bond donors (Lipinski definition) is 0. The summed E-state index contributed by atoms with van der Waals surface area (Å²) >= 11 is 0. The van der Waals surface area contributed by atoms with E-state index in [1.807, 2.05) is 18.2 Å². The van der Waals surface area contributed by atoms with E-state index in [9.17, 15) is 14.4 Å². The minimum Gasteiger partial charge on any atom is -0.463 e. The van der Waals surface area contributed by atoms with Gasteiger partial charge in [0.1, 0.15) is 18.8 Å². The van der Waals surface area contributed by atoms with E-state index in [-0.39, 0.29) is 13.2 Å². The smallest absolute Gasteiger partial charge is 0.303 e. The first kappa shape index (κ1) is 29.2. The van der Waals surface area contributed by atoms with Gasteiger partial charge in [0.15, 0.2) is 18.5 Å². The van der Waals surface area contributed by atoms with Gasteiger partial charge in [0.25, 0.3) is 0 Å².